The molecule has 2 saturated heterocycles. The van der Waals surface area contributed by atoms with E-state index in [1.165, 1.54) is 12.8 Å². The van der Waals surface area contributed by atoms with Crippen LogP contribution in [0.3, 0.4) is 0 Å². The number of hydrogen-bond acceptors (Lipinski definition) is 3. The summed E-state index contributed by atoms with van der Waals surface area (Å²) in [5, 5.41) is 9.65. The first kappa shape index (κ1) is 15.0. The zero-order valence-corrected chi connectivity index (χ0v) is 10.3. The normalized spacial score (nSPS) is 30.8. The van der Waals surface area contributed by atoms with Gasteiger partial charge in [-0.3, -0.25) is 4.79 Å². The monoisotopic (exact) mass is 255 g/mol. The molecule has 3 N–H and O–H groups in total. The second-order valence-electron chi connectivity index (χ2n) is 4.01. The zero-order valence-electron chi connectivity index (χ0n) is 8.67. The fourth-order valence-corrected chi connectivity index (χ4v) is 2.19. The molecule has 0 bridgehead atoms. The summed E-state index contributed by atoms with van der Waals surface area (Å²) in [6.07, 6.45) is 3.45. The van der Waals surface area contributed by atoms with Crippen LogP contribution >= 0.6 is 24.8 Å². The SMILES string of the molecule is Cl.Cl.O=C1CNC2(CCCNC2)CCN1. The molecule has 0 aromatic carbocycles. The number of nitrogens with one attached hydrogen (secondary N) is 3. The van der Waals surface area contributed by atoms with E-state index in [0.717, 1.165) is 26.1 Å². The molecule has 2 fully saturated rings. The van der Waals surface area contributed by atoms with E-state index in [2.05, 4.69) is 16.0 Å². The molecule has 6 heteroatoms. The molecule has 0 saturated carbocycles. The molecule has 0 aromatic heterocycles. The number of piperidine rings is 1. The third kappa shape index (κ3) is 3.79. The molecule has 2 heterocycles. The van der Waals surface area contributed by atoms with E-state index in [9.17, 15) is 4.79 Å². The Morgan fingerprint density at radius 1 is 1.13 bits per heavy atom. The van der Waals surface area contributed by atoms with Crippen LogP contribution in [-0.4, -0.2) is 37.6 Å². The molecule has 1 spiro atoms. The first-order valence-corrected chi connectivity index (χ1v) is 5.03. The van der Waals surface area contributed by atoms with Gasteiger partial charge in [-0.25, -0.2) is 0 Å². The largest absolute Gasteiger partial charge is 0.355 e. The first-order valence-electron chi connectivity index (χ1n) is 5.03. The third-order valence-electron chi connectivity index (χ3n) is 3.02. The van der Waals surface area contributed by atoms with E-state index in [4.69, 9.17) is 0 Å². The van der Waals surface area contributed by atoms with Crippen LogP contribution in [0.4, 0.5) is 0 Å². The Bertz CT molecular complexity index is 208. The summed E-state index contributed by atoms with van der Waals surface area (Å²) < 4.78 is 0. The van der Waals surface area contributed by atoms with Gasteiger partial charge in [0, 0.05) is 18.6 Å². The summed E-state index contributed by atoms with van der Waals surface area (Å²) in [5.74, 6) is 0.127. The smallest absolute Gasteiger partial charge is 0.233 e. The van der Waals surface area contributed by atoms with E-state index in [1.807, 2.05) is 0 Å². The van der Waals surface area contributed by atoms with Gasteiger partial charge in [0.2, 0.25) is 5.91 Å². The first-order chi connectivity index (χ1) is 6.31. The van der Waals surface area contributed by atoms with Gasteiger partial charge in [-0.2, -0.15) is 0 Å². The lowest BCUT2D eigenvalue weighted by Crippen LogP contribution is -2.56. The van der Waals surface area contributed by atoms with Gasteiger partial charge in [-0.05, 0) is 25.8 Å². The highest BCUT2D eigenvalue weighted by Crippen LogP contribution is 2.20. The fraction of sp³-hybridized carbons (Fsp3) is 0.889. The van der Waals surface area contributed by atoms with E-state index >= 15 is 0 Å². The predicted molar refractivity (Wildman–Crippen MR) is 65.0 cm³/mol. The highest BCUT2D eigenvalue weighted by Gasteiger charge is 2.33. The Morgan fingerprint density at radius 2 is 1.93 bits per heavy atom. The standard InChI is InChI=1S/C9H17N3O.2ClH/c13-8-6-12-9(3-5-11-8)2-1-4-10-7-9;;/h10,12H,1-7H2,(H,11,13);2*1H. The molecular weight excluding hydrogens is 237 g/mol. The van der Waals surface area contributed by atoms with Gasteiger partial charge in [-0.1, -0.05) is 0 Å². The van der Waals surface area contributed by atoms with Crippen molar-refractivity contribution in [1.82, 2.24) is 16.0 Å². The molecule has 1 amide bonds. The second-order valence-corrected chi connectivity index (χ2v) is 4.01. The molecule has 1 atom stereocenters. The quantitative estimate of drug-likeness (QED) is 0.574. The molecular formula is C9H19Cl2N3O. The van der Waals surface area contributed by atoms with Crippen molar-refractivity contribution in [2.24, 2.45) is 0 Å². The van der Waals surface area contributed by atoms with Gasteiger partial charge in [0.1, 0.15) is 0 Å². The number of hydrogen-bond donors (Lipinski definition) is 3. The van der Waals surface area contributed by atoms with Crippen LogP contribution in [-0.2, 0) is 4.79 Å². The van der Waals surface area contributed by atoms with Crippen molar-refractivity contribution < 1.29 is 4.79 Å². The maximum atomic E-state index is 11.1. The number of amides is 1. The van der Waals surface area contributed by atoms with Crippen molar-refractivity contribution >= 4 is 30.7 Å². The Hall–Kier alpha value is -0.0300. The van der Waals surface area contributed by atoms with Crippen molar-refractivity contribution in [3.8, 4) is 0 Å². The summed E-state index contributed by atoms with van der Waals surface area (Å²) in [6, 6.07) is 0. The van der Waals surface area contributed by atoms with E-state index < -0.39 is 0 Å². The van der Waals surface area contributed by atoms with Gasteiger partial charge in [0.05, 0.1) is 6.54 Å². The van der Waals surface area contributed by atoms with E-state index in [0.29, 0.717) is 6.54 Å². The van der Waals surface area contributed by atoms with Crippen LogP contribution in [0.15, 0.2) is 0 Å². The van der Waals surface area contributed by atoms with Crippen LogP contribution in [0.5, 0.6) is 0 Å². The van der Waals surface area contributed by atoms with Gasteiger partial charge in [-0.15, -0.1) is 24.8 Å². The Balaban J connectivity index is 0.000000980. The molecule has 1 unspecified atom stereocenters. The van der Waals surface area contributed by atoms with Crippen LogP contribution in [0.1, 0.15) is 19.3 Å². The maximum Gasteiger partial charge on any atom is 0.233 e. The molecule has 0 aliphatic carbocycles. The van der Waals surface area contributed by atoms with Gasteiger partial charge >= 0.3 is 0 Å². The molecule has 15 heavy (non-hydrogen) atoms. The average Bonchev–Trinajstić information content (AvgIpc) is 2.32. The summed E-state index contributed by atoms with van der Waals surface area (Å²) in [5.41, 5.74) is 0.178. The minimum Gasteiger partial charge on any atom is -0.355 e. The number of carbonyl (C=O) groups excluding carboxylic acids is 1. The minimum absolute atomic E-state index is 0. The Morgan fingerprint density at radius 3 is 2.60 bits per heavy atom. The van der Waals surface area contributed by atoms with Gasteiger partial charge in [0.15, 0.2) is 0 Å². The summed E-state index contributed by atoms with van der Waals surface area (Å²) in [6.45, 7) is 3.40. The fourth-order valence-electron chi connectivity index (χ4n) is 2.19. The highest BCUT2D eigenvalue weighted by molar-refractivity contribution is 5.85. The highest BCUT2D eigenvalue weighted by atomic mass is 35.5. The molecule has 2 aliphatic rings. The van der Waals surface area contributed by atoms with E-state index in [-0.39, 0.29) is 36.3 Å². The average molecular weight is 256 g/mol. The Kier molecular flexibility index (Phi) is 6.52. The molecule has 2 aliphatic heterocycles. The van der Waals surface area contributed by atoms with Gasteiger partial charge < -0.3 is 16.0 Å². The molecule has 2 rings (SSSR count). The lowest BCUT2D eigenvalue weighted by Gasteiger charge is -2.37. The second kappa shape index (κ2) is 6.53. The maximum absolute atomic E-state index is 11.1. The number of halogens is 2. The third-order valence-corrected chi connectivity index (χ3v) is 3.02. The molecule has 0 aromatic rings. The summed E-state index contributed by atoms with van der Waals surface area (Å²) in [4.78, 5) is 11.1. The topological polar surface area (TPSA) is 53.2 Å². The zero-order chi connectivity index (χ0) is 9.15. The lowest BCUT2D eigenvalue weighted by molar-refractivity contribution is -0.119. The van der Waals surface area contributed by atoms with Crippen LogP contribution in [0.25, 0.3) is 0 Å². The van der Waals surface area contributed by atoms with Crippen molar-refractivity contribution in [2.75, 3.05) is 26.2 Å². The summed E-state index contributed by atoms with van der Waals surface area (Å²) in [7, 11) is 0. The van der Waals surface area contributed by atoms with Crippen LogP contribution < -0.4 is 16.0 Å². The number of rotatable bonds is 0. The van der Waals surface area contributed by atoms with Crippen molar-refractivity contribution in [2.45, 2.75) is 24.8 Å². The molecule has 90 valence electrons. The van der Waals surface area contributed by atoms with Gasteiger partial charge in [0.25, 0.3) is 0 Å². The molecule has 4 nitrogen and oxygen atoms in total. The van der Waals surface area contributed by atoms with Crippen molar-refractivity contribution in [1.29, 1.82) is 0 Å². The van der Waals surface area contributed by atoms with Crippen molar-refractivity contribution in [3.05, 3.63) is 0 Å². The number of carbonyl (C=O) groups is 1. The van der Waals surface area contributed by atoms with Crippen molar-refractivity contribution in [3.63, 3.8) is 0 Å². The Labute approximate surface area is 103 Å². The van der Waals surface area contributed by atoms with E-state index in [1.54, 1.807) is 0 Å². The van der Waals surface area contributed by atoms with Crippen LogP contribution in [0, 0.1) is 0 Å². The minimum atomic E-state index is 0. The van der Waals surface area contributed by atoms with Crippen LogP contribution in [0.2, 0.25) is 0 Å². The lowest BCUT2D eigenvalue weighted by atomic mass is 9.87. The predicted octanol–water partition coefficient (Wildman–Crippen LogP) is 0.0617. The molecule has 0 radical (unpaired) electrons. The summed E-state index contributed by atoms with van der Waals surface area (Å²) >= 11 is 0.